The highest BCUT2D eigenvalue weighted by Crippen LogP contribution is 1.95. The monoisotopic (exact) mass is 113 g/mol. The molecule has 0 radical (unpaired) electrons. The Balaban J connectivity index is 3.46. The van der Waals surface area contributed by atoms with Crippen LogP contribution in [-0.2, 0) is 0 Å². The fraction of sp³-hybridized carbons (Fsp3) is 0. The van der Waals surface area contributed by atoms with Crippen molar-refractivity contribution in [1.82, 2.24) is 0 Å². The fourth-order valence-electron chi connectivity index (χ4n) is 0.139. The first-order valence-electron chi connectivity index (χ1n) is 1.77. The van der Waals surface area contributed by atoms with Gasteiger partial charge in [-0.3, -0.25) is 4.99 Å². The van der Waals surface area contributed by atoms with Gasteiger partial charge in [-0.2, -0.15) is 0 Å². The predicted octanol–water partition coefficient (Wildman–Crippen LogP) is 1.64. The van der Waals surface area contributed by atoms with E-state index in [0.29, 0.717) is 4.91 Å². The zero-order valence-electron chi connectivity index (χ0n) is 3.96. The lowest BCUT2D eigenvalue weighted by Gasteiger charge is -1.76. The molecule has 0 unspecified atom stereocenters. The Bertz CT molecular complexity index is 105. The molecule has 1 nitrogen and oxygen atoms in total. The van der Waals surface area contributed by atoms with E-state index >= 15 is 0 Å². The molecule has 0 fully saturated rings. The van der Waals surface area contributed by atoms with Crippen LogP contribution in [0.15, 0.2) is 28.8 Å². The zero-order valence-corrected chi connectivity index (χ0v) is 4.86. The average molecular weight is 113 g/mol. The normalized spacial score (nSPS) is 9.29. The molecule has 0 aromatic carbocycles. The zero-order chi connectivity index (χ0) is 5.70. The summed E-state index contributed by atoms with van der Waals surface area (Å²) in [5, 5.41) is 0. The third-order valence-electron chi connectivity index (χ3n) is 0.372. The van der Waals surface area contributed by atoms with Crippen molar-refractivity contribution in [3.8, 4) is 0 Å². The van der Waals surface area contributed by atoms with Gasteiger partial charge in [-0.25, -0.2) is 0 Å². The van der Waals surface area contributed by atoms with E-state index in [4.69, 9.17) is 0 Å². The van der Waals surface area contributed by atoms with E-state index in [1.54, 1.807) is 6.08 Å². The number of hydrogen-bond acceptors (Lipinski definition) is 2. The van der Waals surface area contributed by atoms with Crippen LogP contribution < -0.4 is 0 Å². The van der Waals surface area contributed by atoms with E-state index in [9.17, 15) is 0 Å². The molecule has 38 valence electrons. The molecule has 0 spiro atoms. The minimum Gasteiger partial charge on any atom is -0.272 e. The summed E-state index contributed by atoms with van der Waals surface area (Å²) in [5.41, 5.74) is 0. The van der Waals surface area contributed by atoms with Crippen molar-refractivity contribution in [1.29, 1.82) is 0 Å². The molecule has 0 aliphatic carbocycles. The maximum atomic E-state index is 3.86. The van der Waals surface area contributed by atoms with Crippen LogP contribution in [-0.4, -0.2) is 6.72 Å². The summed E-state index contributed by atoms with van der Waals surface area (Å²) in [7, 11) is 0. The summed E-state index contributed by atoms with van der Waals surface area (Å²) in [5.74, 6) is 0. The van der Waals surface area contributed by atoms with Gasteiger partial charge in [0, 0.05) is 6.20 Å². The van der Waals surface area contributed by atoms with Crippen molar-refractivity contribution in [3.05, 3.63) is 23.8 Å². The van der Waals surface area contributed by atoms with Crippen LogP contribution in [0, 0.1) is 0 Å². The molecular formula is C5H7NS. The minimum absolute atomic E-state index is 0.687. The van der Waals surface area contributed by atoms with E-state index in [1.807, 2.05) is 0 Å². The Labute approximate surface area is 48.9 Å². The lowest BCUT2D eigenvalue weighted by Crippen LogP contribution is -1.51. The highest BCUT2D eigenvalue weighted by Gasteiger charge is 1.67. The maximum absolute atomic E-state index is 3.86. The summed E-state index contributed by atoms with van der Waals surface area (Å²) in [4.78, 5) is 4.12. The third kappa shape index (κ3) is 5.50. The molecule has 2 heteroatoms. The maximum Gasteiger partial charge on any atom is 0.0271 e. The van der Waals surface area contributed by atoms with Crippen molar-refractivity contribution < 1.29 is 0 Å². The first-order valence-corrected chi connectivity index (χ1v) is 2.22. The standard InChI is InChI=1S/C5H7NS/c1-5(7)3-4-6-2/h3-4,7H,1-2H2/b4-3-. The van der Waals surface area contributed by atoms with Gasteiger partial charge in [0.05, 0.1) is 0 Å². The summed E-state index contributed by atoms with van der Waals surface area (Å²) >= 11 is 3.86. The SMILES string of the molecule is C=N/C=C\C(=C)S. The molecule has 0 N–H and O–H groups in total. The van der Waals surface area contributed by atoms with Gasteiger partial charge in [-0.05, 0) is 17.7 Å². The number of rotatable bonds is 2. The average Bonchev–Trinajstić information content (AvgIpc) is 1.61. The van der Waals surface area contributed by atoms with Crippen molar-refractivity contribution in [2.45, 2.75) is 0 Å². The van der Waals surface area contributed by atoms with Crippen LogP contribution in [0.1, 0.15) is 0 Å². The molecular weight excluding hydrogens is 106 g/mol. The summed E-state index contributed by atoms with van der Waals surface area (Å²) in [6.45, 7) is 6.70. The Morgan fingerprint density at radius 3 is 2.43 bits per heavy atom. The molecule has 0 atom stereocenters. The minimum atomic E-state index is 0.687. The molecule has 0 heterocycles. The van der Waals surface area contributed by atoms with Crippen LogP contribution >= 0.6 is 12.6 Å². The summed E-state index contributed by atoms with van der Waals surface area (Å²) in [6.07, 6.45) is 3.20. The first kappa shape index (κ1) is 6.50. The van der Waals surface area contributed by atoms with Crippen molar-refractivity contribution >= 4 is 19.3 Å². The fourth-order valence-corrected chi connectivity index (χ4v) is 0.205. The van der Waals surface area contributed by atoms with Gasteiger partial charge in [0.2, 0.25) is 0 Å². The highest BCUT2D eigenvalue weighted by atomic mass is 32.1. The number of allylic oxidation sites excluding steroid dienone is 1. The smallest absolute Gasteiger partial charge is 0.0271 e. The van der Waals surface area contributed by atoms with Gasteiger partial charge in [0.1, 0.15) is 0 Å². The van der Waals surface area contributed by atoms with E-state index in [0.717, 1.165) is 0 Å². The Morgan fingerprint density at radius 2 is 2.29 bits per heavy atom. The highest BCUT2D eigenvalue weighted by molar-refractivity contribution is 7.84. The van der Waals surface area contributed by atoms with Gasteiger partial charge in [0.15, 0.2) is 0 Å². The van der Waals surface area contributed by atoms with Gasteiger partial charge in [-0.1, -0.05) is 6.58 Å². The Kier molecular flexibility index (Phi) is 3.42. The third-order valence-corrected chi connectivity index (χ3v) is 0.521. The van der Waals surface area contributed by atoms with Crippen molar-refractivity contribution in [2.24, 2.45) is 4.99 Å². The molecule has 0 aliphatic heterocycles. The van der Waals surface area contributed by atoms with E-state index in [2.05, 4.69) is 30.9 Å². The number of hydrogen-bond donors (Lipinski definition) is 1. The van der Waals surface area contributed by atoms with E-state index in [1.165, 1.54) is 6.20 Å². The topological polar surface area (TPSA) is 12.4 Å². The van der Waals surface area contributed by atoms with Crippen LogP contribution in [0.4, 0.5) is 0 Å². The second-order valence-electron chi connectivity index (χ2n) is 0.990. The number of thiol groups is 1. The van der Waals surface area contributed by atoms with E-state index < -0.39 is 0 Å². The van der Waals surface area contributed by atoms with Gasteiger partial charge >= 0.3 is 0 Å². The van der Waals surface area contributed by atoms with Gasteiger partial charge in [-0.15, -0.1) is 12.6 Å². The summed E-state index contributed by atoms with van der Waals surface area (Å²) in [6, 6.07) is 0. The van der Waals surface area contributed by atoms with Crippen LogP contribution in [0.2, 0.25) is 0 Å². The van der Waals surface area contributed by atoms with Crippen LogP contribution in [0.5, 0.6) is 0 Å². The quantitative estimate of drug-likeness (QED) is 0.317. The lowest BCUT2D eigenvalue weighted by atomic mass is 10.6. The molecule has 7 heavy (non-hydrogen) atoms. The molecule has 0 aliphatic rings. The molecule has 0 aromatic rings. The second kappa shape index (κ2) is 3.68. The number of nitrogens with zero attached hydrogens (tertiary/aromatic N) is 1. The molecule has 0 saturated heterocycles. The van der Waals surface area contributed by atoms with Gasteiger partial charge < -0.3 is 0 Å². The van der Waals surface area contributed by atoms with Gasteiger partial charge in [0.25, 0.3) is 0 Å². The van der Waals surface area contributed by atoms with Crippen molar-refractivity contribution in [3.63, 3.8) is 0 Å². The Morgan fingerprint density at radius 1 is 1.71 bits per heavy atom. The Hall–Kier alpha value is -0.500. The molecule has 0 saturated carbocycles. The molecule has 0 rings (SSSR count). The van der Waals surface area contributed by atoms with Crippen LogP contribution in [0.3, 0.4) is 0 Å². The molecule has 0 aromatic heterocycles. The summed E-state index contributed by atoms with van der Waals surface area (Å²) < 4.78 is 0. The number of aliphatic imine (C=N–C) groups is 1. The lowest BCUT2D eigenvalue weighted by molar-refractivity contribution is 1.61. The predicted molar refractivity (Wildman–Crippen MR) is 36.8 cm³/mol. The molecule has 0 amide bonds. The first-order chi connectivity index (χ1) is 3.27. The van der Waals surface area contributed by atoms with Crippen LogP contribution in [0.25, 0.3) is 0 Å². The molecule has 0 bridgehead atoms. The van der Waals surface area contributed by atoms with Crippen molar-refractivity contribution in [2.75, 3.05) is 0 Å². The van der Waals surface area contributed by atoms with E-state index in [-0.39, 0.29) is 0 Å². The second-order valence-corrected chi connectivity index (χ2v) is 1.56. The largest absolute Gasteiger partial charge is 0.272 e.